The van der Waals surface area contributed by atoms with E-state index in [-0.39, 0.29) is 41.7 Å². The smallest absolute Gasteiger partial charge is 0.130 e. The molecular weight excluding hydrogens is 314 g/mol. The Kier molecular flexibility index (Phi) is 116. The minimum atomic E-state index is 0. The number of hydrogen-bond donors (Lipinski definition) is 3. The van der Waals surface area contributed by atoms with Crippen LogP contribution in [0.25, 0.3) is 0 Å². The molecule has 7 heteroatoms. The summed E-state index contributed by atoms with van der Waals surface area (Å²) < 4.78 is 0. The Balaban J connectivity index is -0.0000000257. The van der Waals surface area contributed by atoms with Crippen LogP contribution >= 0.6 is 37.9 Å². The largest absolute Gasteiger partial charge is 0.185 e. The van der Waals surface area contributed by atoms with Gasteiger partial charge in [-0.3, -0.25) is 0 Å². The molecule has 0 N–H and O–H groups in total. The standard InChI is InChI=1S/3CHNS.Ce/c3*2-1-3;/h3*3H;. The van der Waals surface area contributed by atoms with Crippen LogP contribution in [0.15, 0.2) is 0 Å². The van der Waals surface area contributed by atoms with Gasteiger partial charge in [0.05, 0.1) is 0 Å². The van der Waals surface area contributed by atoms with Gasteiger partial charge in [-0.05, 0) is 0 Å². The molecule has 0 aliphatic rings. The summed E-state index contributed by atoms with van der Waals surface area (Å²) in [7, 11) is 0. The molecule has 0 amide bonds. The summed E-state index contributed by atoms with van der Waals surface area (Å²) in [6, 6.07) is 0. The Morgan fingerprint density at radius 2 is 0.700 bits per heavy atom. The van der Waals surface area contributed by atoms with Crippen molar-refractivity contribution in [3.63, 3.8) is 0 Å². The van der Waals surface area contributed by atoms with E-state index in [4.69, 9.17) is 15.8 Å². The number of hydrogen-bond acceptors (Lipinski definition) is 6. The first-order chi connectivity index (χ1) is 4.24. The summed E-state index contributed by atoms with van der Waals surface area (Å²) in [5, 5.41) is 25.9. The molecule has 0 aromatic heterocycles. The molecule has 0 fully saturated rings. The van der Waals surface area contributed by atoms with Gasteiger partial charge in [-0.15, -0.1) is 0 Å². The maximum Gasteiger partial charge on any atom is 0.130 e. The number of nitrogens with zero attached hydrogens (tertiary/aromatic N) is 3. The van der Waals surface area contributed by atoms with Crippen LogP contribution in [0.5, 0.6) is 0 Å². The molecule has 0 unspecified atom stereocenters. The zero-order valence-electron chi connectivity index (χ0n) is 4.68. The van der Waals surface area contributed by atoms with Crippen LogP contribution < -0.4 is 0 Å². The van der Waals surface area contributed by atoms with Gasteiger partial charge < -0.3 is 0 Å². The van der Waals surface area contributed by atoms with Crippen molar-refractivity contribution in [3.8, 4) is 16.2 Å². The molecule has 0 aromatic rings. The Hall–Kier alpha value is 0.897. The van der Waals surface area contributed by atoms with E-state index in [2.05, 4.69) is 37.9 Å². The first kappa shape index (κ1) is 22.4. The Labute approximate surface area is 110 Å². The van der Waals surface area contributed by atoms with Gasteiger partial charge in [0.15, 0.2) is 0 Å². The van der Waals surface area contributed by atoms with E-state index >= 15 is 0 Å². The monoisotopic (exact) mass is 317 g/mol. The number of rotatable bonds is 0. The van der Waals surface area contributed by atoms with Gasteiger partial charge in [0.2, 0.25) is 0 Å². The van der Waals surface area contributed by atoms with E-state index in [9.17, 15) is 0 Å². The minimum absolute atomic E-state index is 0. The molecule has 0 aromatic carbocycles. The van der Waals surface area contributed by atoms with Gasteiger partial charge in [0.25, 0.3) is 0 Å². The van der Waals surface area contributed by atoms with Crippen LogP contribution in [0, 0.1) is 73.7 Å². The number of nitriles is 3. The summed E-state index contributed by atoms with van der Waals surface area (Å²) in [6.45, 7) is 0. The quantitative estimate of drug-likeness (QED) is 0.464. The third-order valence-electron chi connectivity index (χ3n) is 0. The Bertz CT molecular complexity index is 112. The van der Waals surface area contributed by atoms with Crippen LogP contribution in [0.1, 0.15) is 0 Å². The summed E-state index contributed by atoms with van der Waals surface area (Å²) in [4.78, 5) is 0. The summed E-state index contributed by atoms with van der Waals surface area (Å²) in [6.07, 6.45) is 0. The molecule has 0 aliphatic carbocycles. The summed E-state index contributed by atoms with van der Waals surface area (Å²) in [5.41, 5.74) is 0. The molecule has 0 bridgehead atoms. The zero-order valence-corrected chi connectivity index (χ0v) is 10.5. The van der Waals surface area contributed by atoms with Crippen molar-refractivity contribution in [1.29, 1.82) is 15.8 Å². The van der Waals surface area contributed by atoms with E-state index in [1.165, 1.54) is 16.2 Å². The van der Waals surface area contributed by atoms with Crippen molar-refractivity contribution >= 4 is 37.9 Å². The van der Waals surface area contributed by atoms with Gasteiger partial charge in [-0.1, -0.05) is 37.9 Å². The summed E-state index contributed by atoms with van der Waals surface area (Å²) >= 11 is 9.28. The molecule has 0 spiro atoms. The molecule has 52 valence electrons. The molecule has 0 heterocycles. The zero-order chi connectivity index (χ0) is 8.12. The van der Waals surface area contributed by atoms with Gasteiger partial charge in [0.1, 0.15) is 16.2 Å². The van der Waals surface area contributed by atoms with E-state index in [1.807, 2.05) is 0 Å². The van der Waals surface area contributed by atoms with Gasteiger partial charge in [-0.2, -0.15) is 15.8 Å². The molecule has 0 rings (SSSR count). The molecular formula is C3H3CeN3S3. The average molecular weight is 317 g/mol. The first-order valence-corrected chi connectivity index (χ1v) is 2.68. The fourth-order valence-corrected chi connectivity index (χ4v) is 0. The minimum Gasteiger partial charge on any atom is -0.185 e. The first-order valence-electron chi connectivity index (χ1n) is 1.34. The molecule has 0 saturated carbocycles. The second-order valence-electron chi connectivity index (χ2n) is 0.300. The molecule has 10 heavy (non-hydrogen) atoms. The van der Waals surface area contributed by atoms with Crippen LogP contribution in [0.2, 0.25) is 0 Å². The van der Waals surface area contributed by atoms with Crippen molar-refractivity contribution in [2.24, 2.45) is 0 Å². The van der Waals surface area contributed by atoms with E-state index in [1.54, 1.807) is 0 Å². The maximum atomic E-state index is 7.18. The van der Waals surface area contributed by atoms with Gasteiger partial charge in [-0.25, -0.2) is 0 Å². The van der Waals surface area contributed by atoms with E-state index < -0.39 is 0 Å². The van der Waals surface area contributed by atoms with Gasteiger partial charge >= 0.3 is 0 Å². The predicted octanol–water partition coefficient (Wildman–Crippen LogP) is 1.19. The van der Waals surface area contributed by atoms with Crippen molar-refractivity contribution < 1.29 is 41.7 Å². The Morgan fingerprint density at radius 1 is 0.700 bits per heavy atom. The second-order valence-corrected chi connectivity index (χ2v) is 0.900. The maximum absolute atomic E-state index is 7.18. The molecule has 0 aliphatic heterocycles. The van der Waals surface area contributed by atoms with E-state index in [0.717, 1.165) is 0 Å². The van der Waals surface area contributed by atoms with E-state index in [0.29, 0.717) is 0 Å². The molecule has 0 saturated heterocycles. The average Bonchev–Trinajstić information content (AvgIpc) is 1.70. The van der Waals surface area contributed by atoms with Crippen LogP contribution in [-0.2, 0) is 0 Å². The second kappa shape index (κ2) is 51.6. The molecule has 0 radical (unpaired) electrons. The van der Waals surface area contributed by atoms with Crippen LogP contribution in [0.3, 0.4) is 0 Å². The fourth-order valence-electron chi connectivity index (χ4n) is 0. The third-order valence-corrected chi connectivity index (χ3v) is 0. The van der Waals surface area contributed by atoms with Crippen molar-refractivity contribution in [1.82, 2.24) is 0 Å². The molecule has 0 atom stereocenters. The number of thiol groups is 3. The van der Waals surface area contributed by atoms with Crippen LogP contribution in [-0.4, -0.2) is 0 Å². The normalized spacial score (nSPS) is 2.40. The van der Waals surface area contributed by atoms with Crippen molar-refractivity contribution in [2.75, 3.05) is 0 Å². The fraction of sp³-hybridized carbons (Fsp3) is 0. The predicted molar refractivity (Wildman–Crippen MR) is 43.8 cm³/mol. The van der Waals surface area contributed by atoms with Crippen molar-refractivity contribution in [2.45, 2.75) is 0 Å². The molecule has 3 nitrogen and oxygen atoms in total. The Morgan fingerprint density at radius 3 is 0.700 bits per heavy atom. The van der Waals surface area contributed by atoms with Crippen LogP contribution in [0.4, 0.5) is 0 Å². The van der Waals surface area contributed by atoms with Crippen molar-refractivity contribution in [3.05, 3.63) is 0 Å². The number of thiocyanates is 3. The third kappa shape index (κ3) is 690. The SMILES string of the molecule is N#CS.N#CS.N#CS.[Ce]. The van der Waals surface area contributed by atoms with Gasteiger partial charge in [0, 0.05) is 41.7 Å². The summed E-state index contributed by atoms with van der Waals surface area (Å²) in [5.74, 6) is 0. The topological polar surface area (TPSA) is 71.4 Å².